The molecule has 3 aliphatic rings. The van der Waals surface area contributed by atoms with E-state index in [0.29, 0.717) is 11.2 Å². The van der Waals surface area contributed by atoms with Crippen molar-refractivity contribution in [1.29, 1.82) is 0 Å². The number of hydrogen-bond donors (Lipinski definition) is 0. The zero-order valence-electron chi connectivity index (χ0n) is 9.88. The van der Waals surface area contributed by atoms with E-state index in [1.165, 1.54) is 51.2 Å². The molecule has 2 nitrogen and oxygen atoms in total. The van der Waals surface area contributed by atoms with Crippen LogP contribution in [0.5, 0.6) is 0 Å². The Bertz CT molecular complexity index is 323. The highest BCUT2D eigenvalue weighted by Crippen LogP contribution is 2.75. The summed E-state index contributed by atoms with van der Waals surface area (Å²) < 4.78 is 22.5. The summed E-state index contributed by atoms with van der Waals surface area (Å²) in [6, 6.07) is 0. The fraction of sp³-hybridized carbons (Fsp3) is 1.00. The second kappa shape index (κ2) is 3.47. The summed E-state index contributed by atoms with van der Waals surface area (Å²) in [4.78, 5) is 0. The van der Waals surface area contributed by atoms with Crippen LogP contribution in [0, 0.1) is 10.8 Å². The van der Waals surface area contributed by atoms with E-state index in [1.54, 1.807) is 0 Å². The molecule has 0 heterocycles. The normalized spacial score (nSPS) is 38.3. The van der Waals surface area contributed by atoms with E-state index in [0.717, 1.165) is 0 Å². The Morgan fingerprint density at radius 1 is 1.07 bits per heavy atom. The molecule has 0 saturated heterocycles. The lowest BCUT2D eigenvalue weighted by Gasteiger charge is -2.71. The molecule has 0 aromatic heterocycles. The number of unbranched alkanes of at least 4 members (excludes halogenated alkanes) is 2. The zero-order valence-corrected chi connectivity index (χ0v) is 10.7. The fourth-order valence-electron chi connectivity index (χ4n) is 3.96. The fourth-order valence-corrected chi connectivity index (χ4v) is 5.37. The van der Waals surface area contributed by atoms with Gasteiger partial charge in [0.2, 0.25) is 0 Å². The molecule has 0 spiro atoms. The third kappa shape index (κ3) is 2.22. The number of hydrogen-bond acceptors (Lipinski definition) is 2. The van der Waals surface area contributed by atoms with Crippen molar-refractivity contribution in [1.82, 2.24) is 0 Å². The third-order valence-corrected chi connectivity index (χ3v) is 5.27. The van der Waals surface area contributed by atoms with Crippen LogP contribution in [0.25, 0.3) is 0 Å². The molecule has 2 bridgehead atoms. The van der Waals surface area contributed by atoms with Crippen LogP contribution >= 0.6 is 0 Å². The summed E-state index contributed by atoms with van der Waals surface area (Å²) in [6.07, 6.45) is 10.2. The quantitative estimate of drug-likeness (QED) is 0.658. The van der Waals surface area contributed by atoms with Crippen molar-refractivity contribution in [2.24, 2.45) is 10.8 Å². The molecule has 3 saturated carbocycles. The molecule has 0 unspecified atom stereocenters. The Hall–Kier alpha value is -0.0500. The van der Waals surface area contributed by atoms with E-state index < -0.39 is 9.84 Å². The molecule has 0 N–H and O–H groups in total. The van der Waals surface area contributed by atoms with Crippen LogP contribution in [0.2, 0.25) is 0 Å². The topological polar surface area (TPSA) is 34.1 Å². The Morgan fingerprint density at radius 3 is 2.13 bits per heavy atom. The van der Waals surface area contributed by atoms with Crippen molar-refractivity contribution in [3.63, 3.8) is 0 Å². The molecule has 0 atom stereocenters. The predicted octanol–water partition coefficient (Wildman–Crippen LogP) is 2.78. The summed E-state index contributed by atoms with van der Waals surface area (Å²) in [6.45, 7) is 2.23. The summed E-state index contributed by atoms with van der Waals surface area (Å²) in [5, 5.41) is 0. The van der Waals surface area contributed by atoms with Gasteiger partial charge >= 0.3 is 0 Å². The largest absolute Gasteiger partial charge is 0.229 e. The van der Waals surface area contributed by atoms with Crippen molar-refractivity contribution in [3.05, 3.63) is 0 Å². The first kappa shape index (κ1) is 11.4. The van der Waals surface area contributed by atoms with Crippen LogP contribution < -0.4 is 0 Å². The van der Waals surface area contributed by atoms with Gasteiger partial charge in [0.25, 0.3) is 0 Å². The third-order valence-electron chi connectivity index (χ3n) is 4.13. The lowest BCUT2D eigenvalue weighted by molar-refractivity contribution is -0.192. The summed E-state index contributed by atoms with van der Waals surface area (Å²) in [5.41, 5.74) is 0.805. The molecule has 0 aromatic rings. The van der Waals surface area contributed by atoms with Crippen molar-refractivity contribution >= 4 is 9.84 Å². The van der Waals surface area contributed by atoms with Gasteiger partial charge in [-0.25, -0.2) is 8.42 Å². The first-order valence-electron chi connectivity index (χ1n) is 6.07. The molecule has 0 radical (unpaired) electrons. The van der Waals surface area contributed by atoms with Gasteiger partial charge in [0.15, 0.2) is 0 Å². The minimum absolute atomic E-state index is 0.222. The second-order valence-corrected chi connectivity index (χ2v) is 8.20. The highest BCUT2D eigenvalue weighted by atomic mass is 32.2. The van der Waals surface area contributed by atoms with Gasteiger partial charge in [-0.3, -0.25) is 0 Å². The number of sulfone groups is 1. The van der Waals surface area contributed by atoms with Crippen LogP contribution in [0.3, 0.4) is 0 Å². The van der Waals surface area contributed by atoms with Gasteiger partial charge in [0, 0.05) is 6.26 Å². The Kier molecular flexibility index (Phi) is 2.65. The minimum atomic E-state index is -2.76. The molecule has 3 heteroatoms. The summed E-state index contributed by atoms with van der Waals surface area (Å²) in [5.74, 6) is 0.440. The lowest BCUT2D eigenvalue weighted by Crippen LogP contribution is -2.64. The van der Waals surface area contributed by atoms with Crippen LogP contribution in [0.1, 0.15) is 51.9 Å². The van der Waals surface area contributed by atoms with Crippen molar-refractivity contribution in [2.75, 3.05) is 12.0 Å². The Balaban J connectivity index is 1.75. The van der Waals surface area contributed by atoms with E-state index in [1.807, 2.05) is 0 Å². The summed E-state index contributed by atoms with van der Waals surface area (Å²) in [7, 11) is -2.76. The Morgan fingerprint density at radius 2 is 1.67 bits per heavy atom. The van der Waals surface area contributed by atoms with Crippen molar-refractivity contribution in [3.8, 4) is 0 Å². The first-order valence-corrected chi connectivity index (χ1v) is 8.13. The Labute approximate surface area is 93.4 Å². The van der Waals surface area contributed by atoms with Crippen LogP contribution in [0.4, 0.5) is 0 Å². The van der Waals surface area contributed by atoms with Gasteiger partial charge in [-0.15, -0.1) is 0 Å². The molecule has 3 aliphatic carbocycles. The molecule has 3 rings (SSSR count). The van der Waals surface area contributed by atoms with Crippen LogP contribution in [-0.4, -0.2) is 20.4 Å². The van der Waals surface area contributed by atoms with E-state index in [2.05, 4.69) is 6.92 Å². The number of rotatable bonds is 6. The van der Waals surface area contributed by atoms with Gasteiger partial charge < -0.3 is 0 Å². The molecule has 0 amide bonds. The van der Waals surface area contributed by atoms with Gasteiger partial charge in [0.05, 0.1) is 5.75 Å². The van der Waals surface area contributed by atoms with E-state index in [9.17, 15) is 8.42 Å². The first-order chi connectivity index (χ1) is 6.89. The standard InChI is InChI=1S/C12H22O2S/c1-3-4-5-6-11-7-12(8-11,9-11)10-15(2,13)14/h3-10H2,1-2H3. The molecule has 88 valence electrons. The maximum absolute atomic E-state index is 11.2. The average Bonchev–Trinajstić information content (AvgIpc) is 1.95. The molecule has 3 fully saturated rings. The smallest absolute Gasteiger partial charge is 0.148 e. The predicted molar refractivity (Wildman–Crippen MR) is 62.6 cm³/mol. The lowest BCUT2D eigenvalue weighted by atomic mass is 9.35. The van der Waals surface area contributed by atoms with E-state index in [-0.39, 0.29) is 5.41 Å². The molecular formula is C12H22O2S. The van der Waals surface area contributed by atoms with Gasteiger partial charge in [-0.05, 0) is 36.5 Å². The minimum Gasteiger partial charge on any atom is -0.229 e. The maximum atomic E-state index is 11.2. The maximum Gasteiger partial charge on any atom is 0.148 e. The molecule has 15 heavy (non-hydrogen) atoms. The molecule has 0 aliphatic heterocycles. The molecular weight excluding hydrogens is 208 g/mol. The summed E-state index contributed by atoms with van der Waals surface area (Å²) >= 11 is 0. The van der Waals surface area contributed by atoms with E-state index in [4.69, 9.17) is 0 Å². The van der Waals surface area contributed by atoms with Crippen molar-refractivity contribution < 1.29 is 8.42 Å². The average molecular weight is 230 g/mol. The van der Waals surface area contributed by atoms with E-state index >= 15 is 0 Å². The van der Waals surface area contributed by atoms with Gasteiger partial charge in [-0.1, -0.05) is 26.2 Å². The van der Waals surface area contributed by atoms with Gasteiger partial charge in [-0.2, -0.15) is 0 Å². The highest BCUT2D eigenvalue weighted by molar-refractivity contribution is 7.90. The van der Waals surface area contributed by atoms with Gasteiger partial charge in [0.1, 0.15) is 9.84 Å². The zero-order chi connectivity index (χ0) is 11.2. The van der Waals surface area contributed by atoms with Crippen LogP contribution in [-0.2, 0) is 9.84 Å². The highest BCUT2D eigenvalue weighted by Gasteiger charge is 2.67. The second-order valence-electron chi connectivity index (χ2n) is 6.06. The SMILES string of the molecule is CCCCCC12CC(CS(C)(=O)=O)(C1)C2. The monoisotopic (exact) mass is 230 g/mol. The van der Waals surface area contributed by atoms with Crippen molar-refractivity contribution in [2.45, 2.75) is 51.9 Å². The molecule has 0 aromatic carbocycles. The van der Waals surface area contributed by atoms with Crippen LogP contribution in [0.15, 0.2) is 0 Å².